The molecule has 1 heterocycles. The molecule has 0 aliphatic heterocycles. The van der Waals surface area contributed by atoms with E-state index in [1.807, 2.05) is 0 Å². The second-order valence-corrected chi connectivity index (χ2v) is 4.47. The molecule has 106 valence electrons. The lowest BCUT2D eigenvalue weighted by molar-refractivity contribution is 0.465. The molecular formula is C14H12F4N2. The molecule has 0 bridgehead atoms. The minimum atomic E-state index is -1.36. The molecule has 1 atom stereocenters. The molecule has 2 aromatic rings. The highest BCUT2D eigenvalue weighted by Gasteiger charge is 2.13. The summed E-state index contributed by atoms with van der Waals surface area (Å²) in [5, 5.41) is 2.65. The second-order valence-electron chi connectivity index (χ2n) is 4.47. The Kier molecular flexibility index (Phi) is 4.22. The van der Waals surface area contributed by atoms with E-state index in [4.69, 9.17) is 0 Å². The summed E-state index contributed by atoms with van der Waals surface area (Å²) in [5.41, 5.74) is 0.828. The van der Waals surface area contributed by atoms with Crippen molar-refractivity contribution in [3.05, 3.63) is 59.3 Å². The quantitative estimate of drug-likeness (QED) is 0.684. The number of nitrogens with one attached hydrogen (secondary N) is 1. The fourth-order valence-electron chi connectivity index (χ4n) is 1.80. The molecule has 2 nitrogen and oxygen atoms in total. The average molecular weight is 284 g/mol. The smallest absolute Gasteiger partial charge is 0.251 e. The lowest BCUT2D eigenvalue weighted by atomic mass is 10.1. The minimum Gasteiger partial charge on any atom is -0.365 e. The van der Waals surface area contributed by atoms with Crippen molar-refractivity contribution in [2.24, 2.45) is 0 Å². The number of benzene rings is 1. The summed E-state index contributed by atoms with van der Waals surface area (Å²) in [6, 6.07) is 5.99. The van der Waals surface area contributed by atoms with Gasteiger partial charge in [0, 0.05) is 12.1 Å². The van der Waals surface area contributed by atoms with Gasteiger partial charge in [0.15, 0.2) is 17.5 Å². The molecule has 1 aromatic carbocycles. The molecule has 0 saturated heterocycles. The summed E-state index contributed by atoms with van der Waals surface area (Å²) in [6.45, 7) is 1.73. The summed E-state index contributed by atoms with van der Waals surface area (Å²) >= 11 is 0. The molecular weight excluding hydrogens is 272 g/mol. The third-order valence-corrected chi connectivity index (χ3v) is 2.72. The van der Waals surface area contributed by atoms with Gasteiger partial charge in [-0.15, -0.1) is 0 Å². The summed E-state index contributed by atoms with van der Waals surface area (Å²) in [4.78, 5) is 3.18. The Balaban J connectivity index is 2.06. The minimum absolute atomic E-state index is 0.285. The van der Waals surface area contributed by atoms with Crippen LogP contribution in [0.25, 0.3) is 0 Å². The largest absolute Gasteiger partial charge is 0.365 e. The van der Waals surface area contributed by atoms with Crippen molar-refractivity contribution in [1.29, 1.82) is 0 Å². The van der Waals surface area contributed by atoms with Crippen LogP contribution in [0.3, 0.4) is 0 Å². The molecule has 2 rings (SSSR count). The number of pyridine rings is 1. The van der Waals surface area contributed by atoms with Gasteiger partial charge in [-0.25, -0.2) is 13.2 Å². The Hall–Kier alpha value is -2.11. The topological polar surface area (TPSA) is 24.9 Å². The van der Waals surface area contributed by atoms with Crippen molar-refractivity contribution in [3.8, 4) is 0 Å². The summed E-state index contributed by atoms with van der Waals surface area (Å²) in [5.74, 6) is -4.35. The van der Waals surface area contributed by atoms with Crippen LogP contribution in [-0.4, -0.2) is 11.0 Å². The van der Waals surface area contributed by atoms with Gasteiger partial charge in [-0.3, -0.25) is 0 Å². The molecule has 20 heavy (non-hydrogen) atoms. The van der Waals surface area contributed by atoms with Gasteiger partial charge in [-0.2, -0.15) is 9.37 Å². The van der Waals surface area contributed by atoms with Crippen LogP contribution in [0.15, 0.2) is 30.3 Å². The van der Waals surface area contributed by atoms with Gasteiger partial charge in [-0.1, -0.05) is 12.1 Å². The number of hydrogen-bond acceptors (Lipinski definition) is 2. The van der Waals surface area contributed by atoms with E-state index in [0.717, 1.165) is 5.56 Å². The van der Waals surface area contributed by atoms with E-state index in [2.05, 4.69) is 10.3 Å². The molecule has 0 aliphatic rings. The molecule has 1 unspecified atom stereocenters. The van der Waals surface area contributed by atoms with Gasteiger partial charge in [-0.05, 0) is 31.0 Å². The fraction of sp³-hybridized carbons (Fsp3) is 0.214. The van der Waals surface area contributed by atoms with Gasteiger partial charge in [0.1, 0.15) is 5.82 Å². The van der Waals surface area contributed by atoms with Crippen LogP contribution in [-0.2, 0) is 6.42 Å². The van der Waals surface area contributed by atoms with Crippen molar-refractivity contribution in [1.82, 2.24) is 4.98 Å². The zero-order chi connectivity index (χ0) is 14.7. The van der Waals surface area contributed by atoms with Gasteiger partial charge >= 0.3 is 0 Å². The maximum atomic E-state index is 13.4. The van der Waals surface area contributed by atoms with Crippen molar-refractivity contribution in [3.63, 3.8) is 0 Å². The second kappa shape index (κ2) is 5.90. The Morgan fingerprint density at radius 3 is 2.35 bits per heavy atom. The highest BCUT2D eigenvalue weighted by molar-refractivity contribution is 5.37. The van der Waals surface area contributed by atoms with Crippen LogP contribution >= 0.6 is 0 Å². The van der Waals surface area contributed by atoms with Crippen molar-refractivity contribution in [2.75, 3.05) is 5.32 Å². The van der Waals surface area contributed by atoms with Gasteiger partial charge in [0.2, 0.25) is 0 Å². The van der Waals surface area contributed by atoms with Crippen molar-refractivity contribution >= 4 is 5.82 Å². The van der Waals surface area contributed by atoms with Crippen molar-refractivity contribution < 1.29 is 17.6 Å². The Labute approximate surface area is 113 Å². The molecule has 1 N–H and O–H groups in total. The first-order chi connectivity index (χ1) is 9.45. The predicted octanol–water partition coefficient (Wildman–Crippen LogP) is 3.68. The predicted molar refractivity (Wildman–Crippen MR) is 67.3 cm³/mol. The van der Waals surface area contributed by atoms with E-state index in [1.165, 1.54) is 12.1 Å². The normalized spacial score (nSPS) is 12.2. The third kappa shape index (κ3) is 3.46. The molecule has 0 spiro atoms. The van der Waals surface area contributed by atoms with Crippen LogP contribution < -0.4 is 5.32 Å². The number of rotatable bonds is 4. The maximum Gasteiger partial charge on any atom is 0.251 e. The lowest BCUT2D eigenvalue weighted by Gasteiger charge is -2.15. The fourth-order valence-corrected chi connectivity index (χ4v) is 1.80. The van der Waals surface area contributed by atoms with E-state index in [-0.39, 0.29) is 17.7 Å². The maximum absolute atomic E-state index is 13.4. The lowest BCUT2D eigenvalue weighted by Crippen LogP contribution is -2.20. The van der Waals surface area contributed by atoms with Gasteiger partial charge < -0.3 is 5.32 Å². The Morgan fingerprint density at radius 2 is 1.70 bits per heavy atom. The summed E-state index contributed by atoms with van der Waals surface area (Å²) in [6.07, 6.45) is 0.459. The first-order valence-corrected chi connectivity index (χ1v) is 5.98. The number of halogens is 4. The van der Waals surface area contributed by atoms with Gasteiger partial charge in [0.25, 0.3) is 5.95 Å². The van der Waals surface area contributed by atoms with Crippen molar-refractivity contribution in [2.45, 2.75) is 19.4 Å². The number of hydrogen-bond donors (Lipinski definition) is 1. The molecule has 0 amide bonds. The number of nitrogens with zero attached hydrogens (tertiary/aromatic N) is 1. The Bertz CT molecular complexity index is 599. The van der Waals surface area contributed by atoms with Crippen LogP contribution in [0, 0.1) is 23.4 Å². The number of anilines is 1. The third-order valence-electron chi connectivity index (χ3n) is 2.72. The van der Waals surface area contributed by atoms with Crippen LogP contribution in [0.4, 0.5) is 23.4 Å². The SMILES string of the molecule is CC(Cc1ccc(F)cc1)Nc1nc(F)c(F)cc1F. The highest BCUT2D eigenvalue weighted by Crippen LogP contribution is 2.16. The first kappa shape index (κ1) is 14.3. The number of aromatic nitrogens is 1. The van der Waals surface area contributed by atoms with E-state index in [9.17, 15) is 17.6 Å². The highest BCUT2D eigenvalue weighted by atomic mass is 19.2. The zero-order valence-corrected chi connectivity index (χ0v) is 10.6. The average Bonchev–Trinajstić information content (AvgIpc) is 2.39. The van der Waals surface area contributed by atoms with E-state index in [0.29, 0.717) is 12.5 Å². The molecule has 0 fully saturated rings. The Morgan fingerprint density at radius 1 is 1.05 bits per heavy atom. The molecule has 0 saturated carbocycles. The molecule has 0 aliphatic carbocycles. The van der Waals surface area contributed by atoms with Crippen LogP contribution in [0.5, 0.6) is 0 Å². The van der Waals surface area contributed by atoms with Crippen LogP contribution in [0.2, 0.25) is 0 Å². The van der Waals surface area contributed by atoms with Crippen LogP contribution in [0.1, 0.15) is 12.5 Å². The van der Waals surface area contributed by atoms with Gasteiger partial charge in [0.05, 0.1) is 0 Å². The standard InChI is InChI=1S/C14H12F4N2/c1-8(6-9-2-4-10(15)5-3-9)19-14-12(17)7-11(16)13(18)20-14/h2-5,7-8H,6H2,1H3,(H,19,20). The van der Waals surface area contributed by atoms with E-state index < -0.39 is 17.6 Å². The molecule has 0 radical (unpaired) electrons. The summed E-state index contributed by atoms with van der Waals surface area (Å²) in [7, 11) is 0. The first-order valence-electron chi connectivity index (χ1n) is 5.98. The zero-order valence-electron chi connectivity index (χ0n) is 10.6. The van der Waals surface area contributed by atoms with E-state index in [1.54, 1.807) is 19.1 Å². The molecule has 6 heteroatoms. The summed E-state index contributed by atoms with van der Waals surface area (Å²) < 4.78 is 51.8. The van der Waals surface area contributed by atoms with E-state index >= 15 is 0 Å². The molecule has 1 aromatic heterocycles. The monoisotopic (exact) mass is 284 g/mol.